The largest absolute Gasteiger partial charge is 0.460 e. The van der Waals surface area contributed by atoms with Crippen LogP contribution in [0, 0.1) is 11.8 Å². The van der Waals surface area contributed by atoms with Crippen LogP contribution in [-0.2, 0) is 23.9 Å². The summed E-state index contributed by atoms with van der Waals surface area (Å²) in [6, 6.07) is 3.34. The number of ketones is 1. The minimum atomic E-state index is -1.68. The van der Waals surface area contributed by atoms with Gasteiger partial charge in [-0.3, -0.25) is 19.4 Å². The van der Waals surface area contributed by atoms with Crippen LogP contribution >= 0.6 is 0 Å². The molecule has 160 valence electrons. The lowest BCUT2D eigenvalue weighted by atomic mass is 9.62. The van der Waals surface area contributed by atoms with Gasteiger partial charge in [-0.15, -0.1) is 0 Å². The van der Waals surface area contributed by atoms with Crippen molar-refractivity contribution in [2.75, 3.05) is 0 Å². The molecule has 0 aromatic carbocycles. The Bertz CT molecular complexity index is 773. The van der Waals surface area contributed by atoms with Crippen molar-refractivity contribution >= 4 is 17.7 Å². The number of ether oxygens (including phenoxy) is 2. The molecule has 7 nitrogen and oxygen atoms in total. The second-order valence-electron chi connectivity index (χ2n) is 9.83. The zero-order chi connectivity index (χ0) is 22.2. The fourth-order valence-corrected chi connectivity index (χ4v) is 3.72. The number of nitrogens with zero attached hydrogens (tertiary/aromatic N) is 1. The van der Waals surface area contributed by atoms with Gasteiger partial charge in [0.1, 0.15) is 17.1 Å². The molecule has 0 aliphatic heterocycles. The van der Waals surface area contributed by atoms with Gasteiger partial charge in [-0.25, -0.2) is 0 Å². The number of aliphatic hydroxyl groups is 1. The van der Waals surface area contributed by atoms with Crippen molar-refractivity contribution in [3.63, 3.8) is 0 Å². The molecule has 1 heterocycles. The Morgan fingerprint density at radius 3 is 2.14 bits per heavy atom. The first-order valence-electron chi connectivity index (χ1n) is 9.73. The van der Waals surface area contributed by atoms with E-state index in [4.69, 9.17) is 9.47 Å². The van der Waals surface area contributed by atoms with Gasteiger partial charge in [0.15, 0.2) is 5.78 Å². The third-order valence-corrected chi connectivity index (χ3v) is 4.66. The van der Waals surface area contributed by atoms with Crippen LogP contribution in [-0.4, -0.2) is 44.6 Å². The highest BCUT2D eigenvalue weighted by Gasteiger charge is 2.57. The van der Waals surface area contributed by atoms with Crippen molar-refractivity contribution in [1.82, 2.24) is 4.98 Å². The van der Waals surface area contributed by atoms with Crippen molar-refractivity contribution in [3.8, 4) is 0 Å². The minimum Gasteiger partial charge on any atom is -0.460 e. The average molecular weight is 405 g/mol. The second-order valence-corrected chi connectivity index (χ2v) is 9.83. The summed E-state index contributed by atoms with van der Waals surface area (Å²) in [5.74, 6) is -5.20. The van der Waals surface area contributed by atoms with E-state index in [0.29, 0.717) is 5.56 Å². The molecule has 0 unspecified atom stereocenters. The summed E-state index contributed by atoms with van der Waals surface area (Å²) in [6.07, 6.45) is 2.70. The number of hydrogen-bond acceptors (Lipinski definition) is 7. The van der Waals surface area contributed by atoms with E-state index < -0.39 is 52.3 Å². The topological polar surface area (TPSA) is 103 Å². The Kier molecular flexibility index (Phi) is 6.23. The number of rotatable bonds is 3. The van der Waals surface area contributed by atoms with Crippen LogP contribution in [0.3, 0.4) is 0 Å². The monoisotopic (exact) mass is 405 g/mol. The molecular formula is C22H31NO6. The van der Waals surface area contributed by atoms with Gasteiger partial charge in [-0.2, -0.15) is 0 Å². The summed E-state index contributed by atoms with van der Waals surface area (Å²) >= 11 is 0. The molecule has 1 aromatic heterocycles. The molecule has 0 spiro atoms. The van der Waals surface area contributed by atoms with Gasteiger partial charge in [-0.1, -0.05) is 6.07 Å². The van der Waals surface area contributed by atoms with Crippen LogP contribution in [0.2, 0.25) is 0 Å². The molecular weight excluding hydrogens is 374 g/mol. The molecule has 1 aliphatic carbocycles. The predicted molar refractivity (Wildman–Crippen MR) is 106 cm³/mol. The molecule has 29 heavy (non-hydrogen) atoms. The Labute approximate surface area is 171 Å². The molecule has 1 fully saturated rings. The summed E-state index contributed by atoms with van der Waals surface area (Å²) in [5.41, 5.74) is -2.79. The highest BCUT2D eigenvalue weighted by Crippen LogP contribution is 2.47. The molecule has 1 saturated carbocycles. The quantitative estimate of drug-likeness (QED) is 0.609. The van der Waals surface area contributed by atoms with Crippen molar-refractivity contribution in [2.24, 2.45) is 11.8 Å². The van der Waals surface area contributed by atoms with Crippen LogP contribution in [0.15, 0.2) is 24.5 Å². The van der Waals surface area contributed by atoms with E-state index in [2.05, 4.69) is 4.98 Å². The first-order valence-corrected chi connectivity index (χ1v) is 9.73. The van der Waals surface area contributed by atoms with Crippen LogP contribution in [0.5, 0.6) is 0 Å². The lowest BCUT2D eigenvalue weighted by Gasteiger charge is -2.44. The minimum absolute atomic E-state index is 0.350. The maximum absolute atomic E-state index is 13.1. The number of hydrogen-bond donors (Lipinski definition) is 1. The molecule has 0 bridgehead atoms. The third-order valence-electron chi connectivity index (χ3n) is 4.66. The lowest BCUT2D eigenvalue weighted by molar-refractivity contribution is -0.182. The maximum Gasteiger partial charge on any atom is 0.317 e. The van der Waals surface area contributed by atoms with Crippen molar-refractivity contribution in [1.29, 1.82) is 0 Å². The molecule has 0 amide bonds. The fraction of sp³-hybridized carbons (Fsp3) is 0.636. The molecule has 1 N–H and O–H groups in total. The molecule has 2 rings (SSSR count). The van der Waals surface area contributed by atoms with E-state index in [-0.39, 0.29) is 6.42 Å². The van der Waals surface area contributed by atoms with Crippen molar-refractivity contribution in [2.45, 2.75) is 77.6 Å². The fourth-order valence-electron chi connectivity index (χ4n) is 3.72. The van der Waals surface area contributed by atoms with E-state index in [9.17, 15) is 19.5 Å². The van der Waals surface area contributed by atoms with Gasteiger partial charge < -0.3 is 14.6 Å². The van der Waals surface area contributed by atoms with Crippen LogP contribution in [0.1, 0.15) is 66.4 Å². The smallest absolute Gasteiger partial charge is 0.317 e. The highest BCUT2D eigenvalue weighted by molar-refractivity contribution is 6.03. The number of aromatic nitrogens is 1. The van der Waals surface area contributed by atoms with Crippen molar-refractivity contribution in [3.05, 3.63) is 30.1 Å². The van der Waals surface area contributed by atoms with Gasteiger partial charge in [0, 0.05) is 24.7 Å². The summed E-state index contributed by atoms with van der Waals surface area (Å²) in [6.45, 7) is 11.7. The second kappa shape index (κ2) is 7.86. The number of Topliss-reactive ketones (excluding diaryl/α,β-unsaturated/α-hetero) is 1. The van der Waals surface area contributed by atoms with Gasteiger partial charge in [0.05, 0.1) is 11.5 Å². The zero-order valence-electron chi connectivity index (χ0n) is 18.2. The van der Waals surface area contributed by atoms with E-state index in [1.807, 2.05) is 0 Å². The van der Waals surface area contributed by atoms with Crippen LogP contribution in [0.25, 0.3) is 0 Å². The lowest BCUT2D eigenvalue weighted by Crippen LogP contribution is -2.56. The molecule has 1 aliphatic rings. The zero-order valence-corrected chi connectivity index (χ0v) is 18.2. The van der Waals surface area contributed by atoms with E-state index >= 15 is 0 Å². The first kappa shape index (κ1) is 23.0. The first-order chi connectivity index (χ1) is 13.1. The molecule has 0 radical (unpaired) electrons. The maximum atomic E-state index is 13.1. The molecule has 7 heteroatoms. The van der Waals surface area contributed by atoms with Gasteiger partial charge in [0.25, 0.3) is 0 Å². The number of esters is 2. The Morgan fingerprint density at radius 1 is 1.10 bits per heavy atom. The summed E-state index contributed by atoms with van der Waals surface area (Å²) in [5, 5.41) is 11.0. The van der Waals surface area contributed by atoms with E-state index in [0.717, 1.165) is 0 Å². The predicted octanol–water partition coefficient (Wildman–Crippen LogP) is 2.80. The third kappa shape index (κ3) is 5.63. The van der Waals surface area contributed by atoms with Gasteiger partial charge in [-0.05, 0) is 60.1 Å². The van der Waals surface area contributed by atoms with Crippen molar-refractivity contribution < 1.29 is 29.0 Å². The Morgan fingerprint density at radius 2 is 1.66 bits per heavy atom. The summed E-state index contributed by atoms with van der Waals surface area (Å²) in [7, 11) is 0. The van der Waals surface area contributed by atoms with Crippen LogP contribution < -0.4 is 0 Å². The Balaban J connectivity index is 2.59. The normalized spacial score (nSPS) is 28.0. The van der Waals surface area contributed by atoms with Gasteiger partial charge >= 0.3 is 11.9 Å². The van der Waals surface area contributed by atoms with Crippen LogP contribution in [0.4, 0.5) is 0 Å². The molecule has 1 aromatic rings. The number of carbonyl (C=O) groups is 3. The highest BCUT2D eigenvalue weighted by atomic mass is 16.6. The number of carbonyl (C=O) groups excluding carboxylic acids is 3. The SMILES string of the molecule is CC(C)(C)OC(=O)[C@@H]1C(=O)C[C@@](C)(O)[C@H](C(=O)OC(C)(C)C)[C@@H]1c1cccnc1. The van der Waals surface area contributed by atoms with E-state index in [1.165, 1.54) is 13.1 Å². The standard InChI is InChI=1S/C22H31NO6/c1-20(2,3)28-18(25)16-14(24)11-22(7,27)17(19(26)29-21(4,5)6)15(16)13-9-8-10-23-12-13/h8-10,12,15-17,27H,11H2,1-7H3/t15-,16-,17+,22-/m1/s1. The summed E-state index contributed by atoms with van der Waals surface area (Å²) in [4.78, 5) is 43.1. The molecule has 4 atom stereocenters. The van der Waals surface area contributed by atoms with E-state index in [1.54, 1.807) is 59.9 Å². The number of pyridine rings is 1. The summed E-state index contributed by atoms with van der Waals surface area (Å²) < 4.78 is 11.0. The van der Waals surface area contributed by atoms with Gasteiger partial charge in [0.2, 0.25) is 0 Å². The Hall–Kier alpha value is -2.28. The average Bonchev–Trinajstić information content (AvgIpc) is 2.50. The molecule has 0 saturated heterocycles.